The Hall–Kier alpha value is -5.08. The van der Waals surface area contributed by atoms with E-state index in [1.54, 1.807) is 0 Å². The van der Waals surface area contributed by atoms with Crippen LogP contribution in [-0.4, -0.2) is 0 Å². The Balaban J connectivity index is 1.14. The summed E-state index contributed by atoms with van der Waals surface area (Å²) in [5, 5.41) is 0. The molecule has 1 spiro atoms. The third-order valence-corrected chi connectivity index (χ3v) is 15.1. The van der Waals surface area contributed by atoms with E-state index >= 15 is 0 Å². The van der Waals surface area contributed by atoms with Gasteiger partial charge in [0.1, 0.15) is 11.5 Å². The summed E-state index contributed by atoms with van der Waals surface area (Å²) in [6.07, 6.45) is 9.09. The fraction of sp³-hybridized carbons (Fsp3) is 0.333. The van der Waals surface area contributed by atoms with Gasteiger partial charge in [-0.2, -0.15) is 0 Å². The Morgan fingerprint density at radius 3 is 1.66 bits per heavy atom. The number of rotatable bonds is 5. The average Bonchev–Trinajstić information content (AvgIpc) is 3.22. The van der Waals surface area contributed by atoms with Crippen LogP contribution in [0.5, 0.6) is 11.5 Å². The number of nitrogens with zero attached hydrogens (tertiary/aromatic N) is 1. The normalized spacial score (nSPS) is 25.9. The second-order valence-corrected chi connectivity index (χ2v) is 19.2. The lowest BCUT2D eigenvalue weighted by atomic mass is 9.41. The minimum Gasteiger partial charge on any atom is -0.457 e. The maximum Gasteiger partial charge on any atom is 0.131 e. The molecule has 4 saturated carbocycles. The van der Waals surface area contributed by atoms with Gasteiger partial charge >= 0.3 is 0 Å². The second kappa shape index (κ2) is 12.5. The molecule has 5 aliphatic carbocycles. The Labute approximate surface area is 333 Å². The van der Waals surface area contributed by atoms with E-state index in [1.165, 1.54) is 100 Å². The van der Waals surface area contributed by atoms with Crippen molar-refractivity contribution in [3.8, 4) is 33.8 Å². The molecular formula is C54H53NO. The van der Waals surface area contributed by atoms with E-state index < -0.39 is 0 Å². The van der Waals surface area contributed by atoms with Gasteiger partial charge in [0.05, 0.1) is 5.69 Å². The Kier molecular flexibility index (Phi) is 7.61. The van der Waals surface area contributed by atoms with Gasteiger partial charge in [0.25, 0.3) is 0 Å². The first kappa shape index (κ1) is 34.2. The fourth-order valence-electron chi connectivity index (χ4n) is 12.6. The summed E-state index contributed by atoms with van der Waals surface area (Å²) in [5.41, 5.74) is 14.7. The van der Waals surface area contributed by atoms with E-state index in [0.29, 0.717) is 11.8 Å². The minimum absolute atomic E-state index is 0.0381. The van der Waals surface area contributed by atoms with Crippen molar-refractivity contribution in [3.05, 3.63) is 162 Å². The summed E-state index contributed by atoms with van der Waals surface area (Å²) >= 11 is 0. The monoisotopic (exact) mass is 731 g/mol. The topological polar surface area (TPSA) is 12.5 Å². The summed E-state index contributed by atoms with van der Waals surface area (Å²) < 4.78 is 7.04. The zero-order valence-corrected chi connectivity index (χ0v) is 33.4. The number of anilines is 3. The number of hydrogen-bond acceptors (Lipinski definition) is 2. The van der Waals surface area contributed by atoms with Crippen LogP contribution in [0.4, 0.5) is 17.1 Å². The largest absolute Gasteiger partial charge is 0.457 e. The highest BCUT2D eigenvalue weighted by Crippen LogP contribution is 2.69. The maximum absolute atomic E-state index is 7.04. The van der Waals surface area contributed by atoms with Crippen LogP contribution in [-0.2, 0) is 16.2 Å². The summed E-state index contributed by atoms with van der Waals surface area (Å²) in [6.45, 7) is 9.81. The maximum atomic E-state index is 7.04. The summed E-state index contributed by atoms with van der Waals surface area (Å²) in [5.74, 6) is 5.07. The molecule has 0 amide bonds. The lowest BCUT2D eigenvalue weighted by Gasteiger charge is -2.63. The molecule has 1 aliphatic heterocycles. The zero-order valence-electron chi connectivity index (χ0n) is 33.4. The van der Waals surface area contributed by atoms with Crippen molar-refractivity contribution in [1.82, 2.24) is 0 Å². The van der Waals surface area contributed by atoms with Crippen LogP contribution in [0.25, 0.3) is 22.3 Å². The molecule has 2 nitrogen and oxygen atoms in total. The Morgan fingerprint density at radius 1 is 0.464 bits per heavy atom. The van der Waals surface area contributed by atoms with Gasteiger partial charge in [-0.15, -0.1) is 0 Å². The quantitative estimate of drug-likeness (QED) is 0.175. The molecule has 56 heavy (non-hydrogen) atoms. The highest BCUT2D eigenvalue weighted by Gasteiger charge is 2.61. The summed E-state index contributed by atoms with van der Waals surface area (Å²) in [7, 11) is 0. The summed E-state index contributed by atoms with van der Waals surface area (Å²) in [4.78, 5) is 2.59. The fourth-order valence-corrected chi connectivity index (χ4v) is 12.6. The van der Waals surface area contributed by atoms with Gasteiger partial charge in [-0.05, 0) is 161 Å². The van der Waals surface area contributed by atoms with Gasteiger partial charge in [0.2, 0.25) is 0 Å². The molecule has 0 aromatic heterocycles. The molecule has 280 valence electrons. The van der Waals surface area contributed by atoms with Crippen molar-refractivity contribution in [3.63, 3.8) is 0 Å². The van der Waals surface area contributed by atoms with Crippen LogP contribution in [0, 0.1) is 23.7 Å². The molecule has 0 saturated heterocycles. The molecule has 0 N–H and O–H groups in total. The molecule has 12 rings (SSSR count). The molecule has 1 heterocycles. The van der Waals surface area contributed by atoms with E-state index in [1.807, 2.05) is 0 Å². The zero-order chi connectivity index (χ0) is 37.8. The first-order valence-corrected chi connectivity index (χ1v) is 21.3. The lowest BCUT2D eigenvalue weighted by Crippen LogP contribution is -2.57. The highest BCUT2D eigenvalue weighted by atomic mass is 16.5. The van der Waals surface area contributed by atoms with Gasteiger partial charge in [0, 0.05) is 27.9 Å². The standard InChI is InChI=1S/C54H53NO/c1-52(2)26-27-53(3,4)51-45(52)16-11-17-48(51)55(43-21-18-39(19-22-43)37-12-7-5-8-13-37)44-23-25-50-47(34-44)54(41-29-35-28-36(31-41)32-42(54)30-35)46-33-40(20-24-49(46)56-50)38-14-9-6-10-15-38/h5-25,33-36,41-42H,26-32H2,1-4H3. The molecule has 4 fully saturated rings. The van der Waals surface area contributed by atoms with Gasteiger partial charge < -0.3 is 9.64 Å². The molecule has 0 unspecified atom stereocenters. The van der Waals surface area contributed by atoms with Gasteiger partial charge in [-0.3, -0.25) is 0 Å². The molecule has 6 aromatic carbocycles. The number of benzene rings is 6. The molecule has 4 bridgehead atoms. The van der Waals surface area contributed by atoms with E-state index in [-0.39, 0.29) is 16.2 Å². The first-order chi connectivity index (χ1) is 27.2. The molecular weight excluding hydrogens is 679 g/mol. The third kappa shape index (κ3) is 5.13. The summed E-state index contributed by atoms with van der Waals surface area (Å²) in [6, 6.07) is 52.5. The number of hydrogen-bond donors (Lipinski definition) is 0. The smallest absolute Gasteiger partial charge is 0.131 e. The van der Waals surface area contributed by atoms with E-state index in [4.69, 9.17) is 4.74 Å². The number of fused-ring (bicyclic) bond motifs is 3. The van der Waals surface area contributed by atoms with Crippen molar-refractivity contribution in [2.24, 2.45) is 23.7 Å². The Morgan fingerprint density at radius 2 is 1.00 bits per heavy atom. The predicted octanol–water partition coefficient (Wildman–Crippen LogP) is 14.7. The van der Waals surface area contributed by atoms with Crippen molar-refractivity contribution in [2.75, 3.05) is 4.90 Å². The Bertz CT molecular complexity index is 2430. The van der Waals surface area contributed by atoms with Gasteiger partial charge in [0.15, 0.2) is 0 Å². The van der Waals surface area contributed by atoms with Crippen molar-refractivity contribution in [1.29, 1.82) is 0 Å². The van der Waals surface area contributed by atoms with E-state index in [9.17, 15) is 0 Å². The predicted molar refractivity (Wildman–Crippen MR) is 232 cm³/mol. The van der Waals surface area contributed by atoms with Crippen LogP contribution in [0.1, 0.15) is 94.9 Å². The van der Waals surface area contributed by atoms with Crippen LogP contribution in [0.15, 0.2) is 140 Å². The van der Waals surface area contributed by atoms with Gasteiger partial charge in [-0.1, -0.05) is 119 Å². The molecule has 2 heteroatoms. The van der Waals surface area contributed by atoms with Crippen LogP contribution in [0.3, 0.4) is 0 Å². The number of ether oxygens (including phenoxy) is 1. The second-order valence-electron chi connectivity index (χ2n) is 19.2. The lowest BCUT2D eigenvalue weighted by molar-refractivity contribution is -0.0452. The molecule has 6 aromatic rings. The molecule has 6 aliphatic rings. The van der Waals surface area contributed by atoms with E-state index in [2.05, 4.69) is 172 Å². The van der Waals surface area contributed by atoms with Crippen LogP contribution >= 0.6 is 0 Å². The SMILES string of the molecule is CC1(C)CCC(C)(C)c2c(N(c3ccc(-c4ccccc4)cc3)c3ccc4c(c3)C3(c5cc(-c6ccccc6)ccc5O4)C4CC5CC(C4)CC3C5)cccc21. The van der Waals surface area contributed by atoms with Crippen LogP contribution < -0.4 is 9.64 Å². The first-order valence-electron chi connectivity index (χ1n) is 21.3. The third-order valence-electron chi connectivity index (χ3n) is 15.1. The highest BCUT2D eigenvalue weighted by molar-refractivity contribution is 5.83. The van der Waals surface area contributed by atoms with Gasteiger partial charge in [-0.25, -0.2) is 0 Å². The van der Waals surface area contributed by atoms with E-state index in [0.717, 1.165) is 29.8 Å². The molecule has 0 radical (unpaired) electrons. The molecule has 0 atom stereocenters. The van der Waals surface area contributed by atoms with Crippen molar-refractivity contribution < 1.29 is 4.74 Å². The average molecular weight is 732 g/mol. The minimum atomic E-state index is -0.0721. The van der Waals surface area contributed by atoms with Crippen molar-refractivity contribution >= 4 is 17.1 Å². The van der Waals surface area contributed by atoms with Crippen molar-refractivity contribution in [2.45, 2.75) is 88.9 Å². The van der Waals surface area contributed by atoms with Crippen LogP contribution in [0.2, 0.25) is 0 Å².